The quantitative estimate of drug-likeness (QED) is 0.893. The van der Waals surface area contributed by atoms with Crippen molar-refractivity contribution in [3.05, 3.63) is 46.0 Å². The average molecular weight is 346 g/mol. The second-order valence-electron chi connectivity index (χ2n) is 6.42. The van der Waals surface area contributed by atoms with Gasteiger partial charge in [-0.1, -0.05) is 0 Å². The van der Waals surface area contributed by atoms with Crippen LogP contribution in [-0.2, 0) is 11.2 Å². The standard InChI is InChI=1S/C18H22N2O3S/c1-12(15-3-2-8-22-15)20(13-4-5-13)18(21)19-11-16-14-7-10-24-17(14)6-9-23-16/h2-3,7-8,10,12-13,16H,4-6,9,11H2,1H3,(H,19,21)/t12-,16+/m0/s1. The number of carbonyl (C=O) groups is 1. The topological polar surface area (TPSA) is 54.7 Å². The molecular formula is C18H22N2O3S. The molecule has 1 saturated carbocycles. The van der Waals surface area contributed by atoms with Crippen molar-refractivity contribution in [3.63, 3.8) is 0 Å². The highest BCUT2D eigenvalue weighted by Crippen LogP contribution is 2.35. The van der Waals surface area contributed by atoms with Gasteiger partial charge in [-0.05, 0) is 48.9 Å². The Kier molecular flexibility index (Phi) is 4.33. The van der Waals surface area contributed by atoms with Crippen LogP contribution in [0.5, 0.6) is 0 Å². The molecule has 1 aliphatic carbocycles. The van der Waals surface area contributed by atoms with E-state index in [1.54, 1.807) is 17.6 Å². The van der Waals surface area contributed by atoms with E-state index in [0.717, 1.165) is 31.6 Å². The summed E-state index contributed by atoms with van der Waals surface area (Å²) in [5.41, 5.74) is 1.23. The number of nitrogens with one attached hydrogen (secondary N) is 1. The summed E-state index contributed by atoms with van der Waals surface area (Å²) in [6, 6.07) is 6.12. The number of ether oxygens (including phenoxy) is 1. The number of rotatable bonds is 5. The second-order valence-corrected chi connectivity index (χ2v) is 7.43. The first-order valence-corrected chi connectivity index (χ1v) is 9.39. The summed E-state index contributed by atoms with van der Waals surface area (Å²) in [7, 11) is 0. The first-order valence-electron chi connectivity index (χ1n) is 8.51. The first kappa shape index (κ1) is 15.7. The van der Waals surface area contributed by atoms with Gasteiger partial charge in [-0.25, -0.2) is 4.79 Å². The number of carbonyl (C=O) groups excluding carboxylic acids is 1. The van der Waals surface area contributed by atoms with E-state index >= 15 is 0 Å². The Bertz CT molecular complexity index is 693. The third kappa shape index (κ3) is 3.08. The zero-order chi connectivity index (χ0) is 16.5. The molecule has 0 aromatic carbocycles. The van der Waals surface area contributed by atoms with E-state index in [9.17, 15) is 4.79 Å². The molecule has 2 atom stereocenters. The molecule has 0 radical (unpaired) electrons. The van der Waals surface area contributed by atoms with Crippen molar-refractivity contribution in [2.45, 2.75) is 44.4 Å². The minimum Gasteiger partial charge on any atom is -0.467 e. The van der Waals surface area contributed by atoms with Crippen LogP contribution in [0.25, 0.3) is 0 Å². The van der Waals surface area contributed by atoms with Crippen LogP contribution in [0.2, 0.25) is 0 Å². The number of hydrogen-bond acceptors (Lipinski definition) is 4. The fourth-order valence-electron chi connectivity index (χ4n) is 3.34. The normalized spacial score (nSPS) is 21.1. The number of thiophene rings is 1. The lowest BCUT2D eigenvalue weighted by Gasteiger charge is -2.30. The summed E-state index contributed by atoms with van der Waals surface area (Å²) >= 11 is 1.77. The molecule has 0 bridgehead atoms. The molecule has 2 aliphatic rings. The molecular weight excluding hydrogens is 324 g/mol. The van der Waals surface area contributed by atoms with Gasteiger partial charge < -0.3 is 19.4 Å². The highest BCUT2D eigenvalue weighted by molar-refractivity contribution is 7.10. The maximum absolute atomic E-state index is 12.8. The number of amides is 2. The van der Waals surface area contributed by atoms with E-state index < -0.39 is 0 Å². The predicted molar refractivity (Wildman–Crippen MR) is 92.1 cm³/mol. The SMILES string of the molecule is C[C@@H](c1ccco1)N(C(=O)NC[C@H]1OCCc2sccc21)C1CC1. The molecule has 1 aliphatic heterocycles. The van der Waals surface area contributed by atoms with Crippen molar-refractivity contribution in [1.82, 2.24) is 10.2 Å². The van der Waals surface area contributed by atoms with Crippen LogP contribution in [0, 0.1) is 0 Å². The summed E-state index contributed by atoms with van der Waals surface area (Å²) < 4.78 is 11.3. The summed E-state index contributed by atoms with van der Waals surface area (Å²) in [6.07, 6.45) is 4.72. The van der Waals surface area contributed by atoms with Crippen LogP contribution in [0.15, 0.2) is 34.3 Å². The number of fused-ring (bicyclic) bond motifs is 1. The predicted octanol–water partition coefficient (Wildman–Crippen LogP) is 3.89. The van der Waals surface area contributed by atoms with Crippen molar-refractivity contribution >= 4 is 17.4 Å². The Hall–Kier alpha value is -1.79. The van der Waals surface area contributed by atoms with Crippen LogP contribution in [0.1, 0.15) is 48.1 Å². The summed E-state index contributed by atoms with van der Waals surface area (Å²) in [6.45, 7) is 3.25. The first-order chi connectivity index (χ1) is 11.7. The smallest absolute Gasteiger partial charge is 0.318 e. The maximum atomic E-state index is 12.8. The van der Waals surface area contributed by atoms with Gasteiger partial charge in [0.2, 0.25) is 0 Å². The third-order valence-electron chi connectivity index (χ3n) is 4.76. The van der Waals surface area contributed by atoms with Gasteiger partial charge in [0.1, 0.15) is 11.9 Å². The molecule has 2 aromatic rings. The van der Waals surface area contributed by atoms with E-state index in [2.05, 4.69) is 16.8 Å². The van der Waals surface area contributed by atoms with E-state index in [0.29, 0.717) is 12.6 Å². The van der Waals surface area contributed by atoms with Crippen molar-refractivity contribution in [2.24, 2.45) is 0 Å². The number of hydrogen-bond donors (Lipinski definition) is 1. The molecule has 2 aromatic heterocycles. The van der Waals surface area contributed by atoms with Gasteiger partial charge in [0.05, 0.1) is 18.9 Å². The van der Waals surface area contributed by atoms with E-state index in [1.807, 2.05) is 24.0 Å². The average Bonchev–Trinajstić information content (AvgIpc) is 3.09. The molecule has 1 fully saturated rings. The van der Waals surface area contributed by atoms with Crippen LogP contribution < -0.4 is 5.32 Å². The van der Waals surface area contributed by atoms with Crippen LogP contribution >= 0.6 is 11.3 Å². The van der Waals surface area contributed by atoms with Gasteiger partial charge in [-0.2, -0.15) is 0 Å². The van der Waals surface area contributed by atoms with Crippen molar-refractivity contribution in [2.75, 3.05) is 13.2 Å². The lowest BCUT2D eigenvalue weighted by molar-refractivity contribution is 0.0437. The van der Waals surface area contributed by atoms with Crippen LogP contribution in [-0.4, -0.2) is 30.1 Å². The fourth-order valence-corrected chi connectivity index (χ4v) is 4.26. The lowest BCUT2D eigenvalue weighted by Crippen LogP contribution is -2.44. The fraction of sp³-hybridized carbons (Fsp3) is 0.500. The number of nitrogens with zero attached hydrogens (tertiary/aromatic N) is 1. The Morgan fingerprint density at radius 2 is 2.33 bits per heavy atom. The monoisotopic (exact) mass is 346 g/mol. The van der Waals surface area contributed by atoms with Crippen LogP contribution in [0.3, 0.4) is 0 Å². The second kappa shape index (κ2) is 6.61. The Balaban J connectivity index is 1.41. The lowest BCUT2D eigenvalue weighted by atomic mass is 10.1. The summed E-state index contributed by atoms with van der Waals surface area (Å²) in [5, 5.41) is 5.17. The molecule has 4 rings (SSSR count). The maximum Gasteiger partial charge on any atom is 0.318 e. The van der Waals surface area contributed by atoms with Gasteiger partial charge >= 0.3 is 6.03 Å². The Morgan fingerprint density at radius 3 is 3.08 bits per heavy atom. The van der Waals surface area contributed by atoms with Crippen molar-refractivity contribution in [3.8, 4) is 0 Å². The molecule has 1 N–H and O–H groups in total. The molecule has 3 heterocycles. The van der Waals surface area contributed by atoms with Gasteiger partial charge in [0.15, 0.2) is 0 Å². The molecule has 6 heteroatoms. The van der Waals surface area contributed by atoms with Gasteiger partial charge in [-0.3, -0.25) is 0 Å². The third-order valence-corrected chi connectivity index (χ3v) is 5.76. The Labute approximate surface area is 145 Å². The molecule has 0 spiro atoms. The molecule has 0 unspecified atom stereocenters. The summed E-state index contributed by atoms with van der Waals surface area (Å²) in [5.74, 6) is 0.825. The van der Waals surface area contributed by atoms with E-state index in [4.69, 9.17) is 9.15 Å². The van der Waals surface area contributed by atoms with E-state index in [1.165, 1.54) is 10.4 Å². The summed E-state index contributed by atoms with van der Waals surface area (Å²) in [4.78, 5) is 16.1. The minimum absolute atomic E-state index is 0.0349. The minimum atomic E-state index is -0.0588. The molecule has 128 valence electrons. The van der Waals surface area contributed by atoms with Crippen molar-refractivity contribution in [1.29, 1.82) is 0 Å². The highest BCUT2D eigenvalue weighted by Gasteiger charge is 2.37. The highest BCUT2D eigenvalue weighted by atomic mass is 32.1. The zero-order valence-electron chi connectivity index (χ0n) is 13.7. The largest absolute Gasteiger partial charge is 0.467 e. The molecule has 0 saturated heterocycles. The van der Waals surface area contributed by atoms with Gasteiger partial charge in [0, 0.05) is 23.9 Å². The van der Waals surface area contributed by atoms with E-state index in [-0.39, 0.29) is 18.2 Å². The van der Waals surface area contributed by atoms with Crippen LogP contribution in [0.4, 0.5) is 4.79 Å². The van der Waals surface area contributed by atoms with Gasteiger partial charge in [0.25, 0.3) is 0 Å². The molecule has 5 nitrogen and oxygen atoms in total. The number of furan rings is 1. The van der Waals surface area contributed by atoms with Gasteiger partial charge in [-0.15, -0.1) is 11.3 Å². The number of urea groups is 1. The zero-order valence-corrected chi connectivity index (χ0v) is 14.6. The molecule has 2 amide bonds. The Morgan fingerprint density at radius 1 is 1.46 bits per heavy atom. The molecule has 24 heavy (non-hydrogen) atoms. The van der Waals surface area contributed by atoms with Crippen molar-refractivity contribution < 1.29 is 13.9 Å².